The minimum atomic E-state index is -0.113. The second-order valence-electron chi connectivity index (χ2n) is 4.46. The summed E-state index contributed by atoms with van der Waals surface area (Å²) < 4.78 is 0. The summed E-state index contributed by atoms with van der Waals surface area (Å²) in [5.74, 6) is 0.362. The first-order valence-electron chi connectivity index (χ1n) is 6.37. The summed E-state index contributed by atoms with van der Waals surface area (Å²) in [6, 6.07) is 13.5. The number of hydrogen-bond acceptors (Lipinski definition) is 4. The summed E-state index contributed by atoms with van der Waals surface area (Å²) in [5.41, 5.74) is 1.31. The molecule has 0 radical (unpaired) electrons. The standard InChI is InChI=1S/C16H15NO3S/c1-11(18)17-13-4-8-15(9-5-13)21-10-16(20)12-2-6-14(19)7-3-12/h2-9,19H,10H2,1H3,(H,17,18). The molecule has 2 N–H and O–H groups in total. The lowest BCUT2D eigenvalue weighted by Crippen LogP contribution is -2.05. The summed E-state index contributed by atoms with van der Waals surface area (Å²) in [6.45, 7) is 1.46. The van der Waals surface area contributed by atoms with Crippen molar-refractivity contribution in [2.75, 3.05) is 11.1 Å². The Hall–Kier alpha value is -2.27. The van der Waals surface area contributed by atoms with Gasteiger partial charge in [0.15, 0.2) is 5.78 Å². The van der Waals surface area contributed by atoms with E-state index in [-0.39, 0.29) is 17.4 Å². The second kappa shape index (κ2) is 6.95. The third kappa shape index (κ3) is 4.65. The SMILES string of the molecule is CC(=O)Nc1ccc(SCC(=O)c2ccc(O)cc2)cc1. The third-order valence-corrected chi connectivity index (χ3v) is 3.75. The smallest absolute Gasteiger partial charge is 0.221 e. The largest absolute Gasteiger partial charge is 0.508 e. The van der Waals surface area contributed by atoms with Gasteiger partial charge in [-0.2, -0.15) is 0 Å². The van der Waals surface area contributed by atoms with Gasteiger partial charge >= 0.3 is 0 Å². The van der Waals surface area contributed by atoms with Crippen LogP contribution < -0.4 is 5.32 Å². The van der Waals surface area contributed by atoms with Crippen molar-refractivity contribution in [2.45, 2.75) is 11.8 Å². The topological polar surface area (TPSA) is 66.4 Å². The average Bonchev–Trinajstić information content (AvgIpc) is 2.46. The average molecular weight is 301 g/mol. The third-order valence-electron chi connectivity index (χ3n) is 2.73. The molecule has 0 bridgehead atoms. The number of hydrogen-bond donors (Lipinski definition) is 2. The van der Waals surface area contributed by atoms with E-state index >= 15 is 0 Å². The molecule has 4 nitrogen and oxygen atoms in total. The van der Waals surface area contributed by atoms with Crippen molar-refractivity contribution >= 4 is 29.1 Å². The van der Waals surface area contributed by atoms with Crippen LogP contribution in [0.3, 0.4) is 0 Å². The number of anilines is 1. The zero-order chi connectivity index (χ0) is 15.2. The molecular formula is C16H15NO3S. The van der Waals surface area contributed by atoms with Crippen LogP contribution in [-0.4, -0.2) is 22.5 Å². The molecule has 0 atom stereocenters. The van der Waals surface area contributed by atoms with Gasteiger partial charge in [-0.05, 0) is 48.5 Å². The Morgan fingerprint density at radius 1 is 1.05 bits per heavy atom. The van der Waals surface area contributed by atoms with Gasteiger partial charge < -0.3 is 10.4 Å². The Labute approximate surface area is 127 Å². The molecule has 2 rings (SSSR count). The van der Waals surface area contributed by atoms with Crippen molar-refractivity contribution < 1.29 is 14.7 Å². The van der Waals surface area contributed by atoms with Crippen molar-refractivity contribution in [1.29, 1.82) is 0 Å². The van der Waals surface area contributed by atoms with Gasteiger partial charge in [0, 0.05) is 23.1 Å². The summed E-state index contributed by atoms with van der Waals surface area (Å²) in [5, 5.41) is 11.9. The number of rotatable bonds is 5. The predicted octanol–water partition coefficient (Wildman–Crippen LogP) is 3.33. The lowest BCUT2D eigenvalue weighted by molar-refractivity contribution is -0.114. The summed E-state index contributed by atoms with van der Waals surface area (Å²) in [7, 11) is 0. The van der Waals surface area contributed by atoms with Crippen LogP contribution in [-0.2, 0) is 4.79 Å². The Kier molecular flexibility index (Phi) is 5.00. The Morgan fingerprint density at radius 2 is 1.67 bits per heavy atom. The highest BCUT2D eigenvalue weighted by atomic mass is 32.2. The van der Waals surface area contributed by atoms with Crippen LogP contribution in [0.1, 0.15) is 17.3 Å². The van der Waals surface area contributed by atoms with E-state index in [9.17, 15) is 14.7 Å². The molecular weight excluding hydrogens is 286 g/mol. The summed E-state index contributed by atoms with van der Waals surface area (Å²) in [6.07, 6.45) is 0. The van der Waals surface area contributed by atoms with Gasteiger partial charge in [0.1, 0.15) is 5.75 Å². The maximum atomic E-state index is 12.0. The van der Waals surface area contributed by atoms with Crippen LogP contribution in [0.15, 0.2) is 53.4 Å². The first-order valence-corrected chi connectivity index (χ1v) is 7.36. The minimum Gasteiger partial charge on any atom is -0.508 e. The molecule has 0 aromatic heterocycles. The maximum Gasteiger partial charge on any atom is 0.221 e. The number of nitrogens with one attached hydrogen (secondary N) is 1. The Bertz CT molecular complexity index is 636. The first-order chi connectivity index (χ1) is 10.0. The van der Waals surface area contributed by atoms with Gasteiger partial charge in [-0.15, -0.1) is 11.8 Å². The van der Waals surface area contributed by atoms with Gasteiger partial charge in [0.05, 0.1) is 5.75 Å². The number of phenolic OH excluding ortho intramolecular Hbond substituents is 1. The number of Topliss-reactive ketones (excluding diaryl/α,β-unsaturated/α-hetero) is 1. The molecule has 0 aliphatic heterocycles. The Balaban J connectivity index is 1.92. The highest BCUT2D eigenvalue weighted by molar-refractivity contribution is 8.00. The number of amides is 1. The molecule has 0 saturated heterocycles. The molecule has 0 unspecified atom stereocenters. The van der Waals surface area contributed by atoms with Crippen LogP contribution in [0, 0.1) is 0 Å². The molecule has 2 aromatic carbocycles. The van der Waals surface area contributed by atoms with Gasteiger partial charge in [-0.25, -0.2) is 0 Å². The number of benzene rings is 2. The number of carbonyl (C=O) groups is 2. The van der Waals surface area contributed by atoms with Gasteiger partial charge in [-0.3, -0.25) is 9.59 Å². The second-order valence-corrected chi connectivity index (χ2v) is 5.51. The Morgan fingerprint density at radius 3 is 2.24 bits per heavy atom. The van der Waals surface area contributed by atoms with Crippen molar-refractivity contribution in [3.05, 3.63) is 54.1 Å². The van der Waals surface area contributed by atoms with E-state index in [2.05, 4.69) is 5.32 Å². The summed E-state index contributed by atoms with van der Waals surface area (Å²) in [4.78, 5) is 23.9. The lowest BCUT2D eigenvalue weighted by atomic mass is 10.1. The molecule has 2 aromatic rings. The first kappa shape index (κ1) is 15.1. The fraction of sp³-hybridized carbons (Fsp3) is 0.125. The number of carbonyl (C=O) groups excluding carboxylic acids is 2. The van der Waals surface area contributed by atoms with Gasteiger partial charge in [0.2, 0.25) is 5.91 Å². The van der Waals surface area contributed by atoms with Crippen LogP contribution in [0.5, 0.6) is 5.75 Å². The molecule has 0 aliphatic rings. The molecule has 1 amide bonds. The van der Waals surface area contributed by atoms with Crippen molar-refractivity contribution in [3.63, 3.8) is 0 Å². The van der Waals surface area contributed by atoms with Crippen molar-refractivity contribution in [2.24, 2.45) is 0 Å². The van der Waals surface area contributed by atoms with E-state index in [4.69, 9.17) is 0 Å². The van der Waals surface area contributed by atoms with Crippen molar-refractivity contribution in [1.82, 2.24) is 0 Å². The highest BCUT2D eigenvalue weighted by Gasteiger charge is 2.06. The zero-order valence-electron chi connectivity index (χ0n) is 11.5. The molecule has 0 spiro atoms. The van der Waals surface area contributed by atoms with Crippen LogP contribution in [0.25, 0.3) is 0 Å². The number of ketones is 1. The molecule has 0 fully saturated rings. The molecule has 108 valence electrons. The van der Waals surface area contributed by atoms with E-state index in [0.29, 0.717) is 11.3 Å². The number of thioether (sulfide) groups is 1. The van der Waals surface area contributed by atoms with Crippen LogP contribution in [0.2, 0.25) is 0 Å². The highest BCUT2D eigenvalue weighted by Crippen LogP contribution is 2.22. The molecule has 0 heterocycles. The molecule has 0 aliphatic carbocycles. The van der Waals surface area contributed by atoms with Gasteiger partial charge in [-0.1, -0.05) is 0 Å². The van der Waals surface area contributed by atoms with E-state index < -0.39 is 0 Å². The number of phenols is 1. The summed E-state index contributed by atoms with van der Waals surface area (Å²) >= 11 is 1.43. The monoisotopic (exact) mass is 301 g/mol. The normalized spacial score (nSPS) is 10.1. The van der Waals surface area contributed by atoms with E-state index in [1.165, 1.54) is 30.8 Å². The number of aromatic hydroxyl groups is 1. The lowest BCUT2D eigenvalue weighted by Gasteiger charge is -2.04. The quantitative estimate of drug-likeness (QED) is 0.656. The van der Waals surface area contributed by atoms with Gasteiger partial charge in [0.25, 0.3) is 0 Å². The fourth-order valence-corrected chi connectivity index (χ4v) is 2.51. The van der Waals surface area contributed by atoms with Crippen molar-refractivity contribution in [3.8, 4) is 5.75 Å². The predicted molar refractivity (Wildman–Crippen MR) is 83.9 cm³/mol. The van der Waals surface area contributed by atoms with Crippen LogP contribution in [0.4, 0.5) is 5.69 Å². The van der Waals surface area contributed by atoms with E-state index in [0.717, 1.165) is 10.6 Å². The minimum absolute atomic E-state index is 0.00550. The zero-order valence-corrected chi connectivity index (χ0v) is 12.3. The molecule has 0 saturated carbocycles. The maximum absolute atomic E-state index is 12.0. The van der Waals surface area contributed by atoms with E-state index in [1.807, 2.05) is 12.1 Å². The van der Waals surface area contributed by atoms with Crippen LogP contribution >= 0.6 is 11.8 Å². The van der Waals surface area contributed by atoms with E-state index in [1.54, 1.807) is 24.3 Å². The molecule has 5 heteroatoms. The molecule has 21 heavy (non-hydrogen) atoms. The fourth-order valence-electron chi connectivity index (χ4n) is 1.72.